The number of aromatic nitrogens is 4. The monoisotopic (exact) mass is 606 g/mol. The topological polar surface area (TPSA) is 191 Å². The van der Waals surface area contributed by atoms with Crippen molar-refractivity contribution < 1.29 is 42.5 Å². The molecule has 0 aliphatic carbocycles. The number of nitrogens with zero attached hydrogens (tertiary/aromatic N) is 4. The van der Waals surface area contributed by atoms with Crippen LogP contribution in [0.1, 0.15) is 40.8 Å². The molecule has 2 aromatic heterocycles. The average Bonchev–Trinajstić information content (AvgIpc) is 3.53. The van der Waals surface area contributed by atoms with Gasteiger partial charge in [0.2, 0.25) is 11.8 Å². The summed E-state index contributed by atoms with van der Waals surface area (Å²) in [5, 5.41) is 14.1. The maximum atomic E-state index is 14.0. The predicted molar refractivity (Wildman–Crippen MR) is 149 cm³/mol. The zero-order valence-electron chi connectivity index (χ0n) is 23.9. The van der Waals surface area contributed by atoms with Crippen molar-refractivity contribution in [2.75, 3.05) is 25.6 Å². The fourth-order valence-corrected chi connectivity index (χ4v) is 6.48. The summed E-state index contributed by atoms with van der Waals surface area (Å²) in [5.41, 5.74) is 3.86. The van der Waals surface area contributed by atoms with Crippen molar-refractivity contribution in [3.05, 3.63) is 36.7 Å². The highest BCUT2D eigenvalue weighted by Crippen LogP contribution is 2.55. The van der Waals surface area contributed by atoms with Gasteiger partial charge >= 0.3 is 13.7 Å². The van der Waals surface area contributed by atoms with Gasteiger partial charge in [-0.25, -0.2) is 9.55 Å². The minimum absolute atomic E-state index is 0.0318. The van der Waals surface area contributed by atoms with Crippen LogP contribution in [0.25, 0.3) is 11.2 Å². The van der Waals surface area contributed by atoms with Crippen molar-refractivity contribution >= 4 is 30.8 Å². The van der Waals surface area contributed by atoms with E-state index in [1.807, 2.05) is 0 Å². The van der Waals surface area contributed by atoms with Crippen molar-refractivity contribution in [2.45, 2.75) is 70.3 Å². The molecule has 0 spiro atoms. The smallest absolute Gasteiger partial charge is 0.459 e. The van der Waals surface area contributed by atoms with Crippen LogP contribution in [0.15, 0.2) is 36.7 Å². The van der Waals surface area contributed by atoms with Crippen LogP contribution in [0.3, 0.4) is 0 Å². The minimum atomic E-state index is -4.24. The summed E-state index contributed by atoms with van der Waals surface area (Å²) in [6, 6.07) is 7.30. The van der Waals surface area contributed by atoms with Crippen LogP contribution in [0.2, 0.25) is 0 Å². The number of anilines is 1. The van der Waals surface area contributed by atoms with Crippen molar-refractivity contribution in [1.82, 2.24) is 24.6 Å². The number of hydrogen-bond acceptors (Lipinski definition) is 13. The number of benzene rings is 1. The van der Waals surface area contributed by atoms with Crippen LogP contribution in [-0.4, -0.2) is 79.9 Å². The first-order valence-electron chi connectivity index (χ1n) is 13.5. The number of esters is 1. The highest BCUT2D eigenvalue weighted by Gasteiger charge is 2.69. The van der Waals surface area contributed by atoms with Crippen LogP contribution in [0, 0.1) is 0 Å². The molecule has 3 aromatic rings. The molecule has 2 saturated heterocycles. The third-order valence-corrected chi connectivity index (χ3v) is 8.57. The number of hydrogen-bond donors (Lipinski definition) is 3. The van der Waals surface area contributed by atoms with Gasteiger partial charge in [-0.3, -0.25) is 13.9 Å². The van der Waals surface area contributed by atoms with Crippen molar-refractivity contribution in [3.8, 4) is 11.6 Å². The summed E-state index contributed by atoms with van der Waals surface area (Å²) in [6.45, 7) is 8.21. The molecule has 1 unspecified atom stereocenters. The fourth-order valence-electron chi connectivity index (χ4n) is 4.93. The number of nitrogen functional groups attached to an aromatic ring is 1. The number of para-hydroxylation sites is 1. The first kappa shape index (κ1) is 30.1. The van der Waals surface area contributed by atoms with Gasteiger partial charge in [0, 0.05) is 0 Å². The average molecular weight is 607 g/mol. The van der Waals surface area contributed by atoms with Crippen molar-refractivity contribution in [2.24, 2.45) is 0 Å². The summed E-state index contributed by atoms with van der Waals surface area (Å²) < 4.78 is 50.4. The Balaban J connectivity index is 1.41. The van der Waals surface area contributed by atoms with Crippen LogP contribution in [-0.2, 0) is 28.1 Å². The van der Waals surface area contributed by atoms with Crippen LogP contribution in [0.5, 0.6) is 11.6 Å². The summed E-state index contributed by atoms with van der Waals surface area (Å²) in [6.07, 6.45) is -1.07. The Labute approximate surface area is 242 Å². The normalized spacial score (nSPS) is 27.2. The second-order valence-electron chi connectivity index (χ2n) is 10.6. The minimum Gasteiger partial charge on any atom is -0.476 e. The molecule has 0 saturated carbocycles. The van der Waals surface area contributed by atoms with Gasteiger partial charge in [-0.05, 0) is 46.8 Å². The van der Waals surface area contributed by atoms with E-state index < -0.39 is 49.9 Å². The molecule has 4 heterocycles. The van der Waals surface area contributed by atoms with Crippen molar-refractivity contribution in [3.63, 3.8) is 0 Å². The lowest BCUT2D eigenvalue weighted by molar-refractivity contribution is -0.209. The van der Waals surface area contributed by atoms with Gasteiger partial charge < -0.3 is 34.3 Å². The highest BCUT2D eigenvalue weighted by molar-refractivity contribution is 7.52. The molecule has 2 bridgehead atoms. The lowest BCUT2D eigenvalue weighted by atomic mass is 9.92. The molecule has 228 valence electrons. The Kier molecular flexibility index (Phi) is 8.18. The molecule has 2 aliphatic heterocycles. The first-order chi connectivity index (χ1) is 19.9. The van der Waals surface area contributed by atoms with Gasteiger partial charge in [0.05, 0.1) is 32.3 Å². The number of ether oxygens (including phenoxy) is 4. The Hall–Kier alpha value is -3.33. The van der Waals surface area contributed by atoms with E-state index in [0.29, 0.717) is 17.8 Å². The molecular formula is C26H35N6O9P. The SMILES string of the molecule is CCOc1nc(N)nc2c1ncn2[C@@H]1O[C@@]2(COP(=O)(N[C@H](C)C(=O)OC(C)C)Oc3ccccc3)CO[C@]1(C)[C@@H]2O. The molecule has 2 fully saturated rings. The third kappa shape index (κ3) is 5.55. The number of fused-ring (bicyclic) bond motifs is 3. The molecular weight excluding hydrogens is 571 g/mol. The number of carbonyl (C=O) groups is 1. The number of aliphatic hydroxyl groups excluding tert-OH is 1. The number of rotatable bonds is 12. The number of carbonyl (C=O) groups excluding carboxylic acids is 1. The first-order valence-corrected chi connectivity index (χ1v) is 15.0. The van der Waals surface area contributed by atoms with E-state index in [1.54, 1.807) is 62.6 Å². The van der Waals surface area contributed by atoms with E-state index in [-0.39, 0.29) is 30.3 Å². The molecule has 0 amide bonds. The molecule has 5 rings (SSSR count). The summed E-state index contributed by atoms with van der Waals surface area (Å²) in [4.78, 5) is 25.3. The zero-order valence-corrected chi connectivity index (χ0v) is 24.8. The number of nitrogens with two attached hydrogens (primary N) is 1. The molecule has 0 radical (unpaired) electrons. The number of nitrogens with one attached hydrogen (secondary N) is 1. The van der Waals surface area contributed by atoms with Crippen LogP contribution >= 0.6 is 7.75 Å². The van der Waals surface area contributed by atoms with E-state index in [1.165, 1.54) is 13.3 Å². The summed E-state index contributed by atoms with van der Waals surface area (Å²) in [7, 11) is -4.24. The standard InChI is InChI=1S/C26H35N6O9P/c1-6-36-20-18-19(29-24(27)30-20)32(14-28-18)23-25(5)22(34)26(40-23,12-37-25)13-38-42(35,41-17-10-8-7-9-11-17)31-16(4)21(33)39-15(2)3/h7-11,14-16,22-23,34H,6,12-13H2,1-5H3,(H,31,35)(H2,27,29,30)/t16-,22+,23-,25-,26-,42?/m1/s1. The van der Waals surface area contributed by atoms with E-state index in [0.717, 1.165) is 0 Å². The number of aliphatic hydroxyl groups is 1. The van der Waals surface area contributed by atoms with Gasteiger partial charge in [-0.2, -0.15) is 15.1 Å². The molecule has 4 N–H and O–H groups in total. The lowest BCUT2D eigenvalue weighted by Gasteiger charge is -2.34. The van der Waals surface area contributed by atoms with Gasteiger partial charge in [0.25, 0.3) is 0 Å². The summed E-state index contributed by atoms with van der Waals surface area (Å²) >= 11 is 0. The molecule has 1 aromatic carbocycles. The van der Waals surface area contributed by atoms with E-state index in [9.17, 15) is 14.5 Å². The van der Waals surface area contributed by atoms with Crippen LogP contribution < -0.4 is 20.1 Å². The summed E-state index contributed by atoms with van der Waals surface area (Å²) in [5.74, 6) is -0.226. The largest absolute Gasteiger partial charge is 0.476 e. The van der Waals surface area contributed by atoms with Gasteiger partial charge in [0.1, 0.15) is 29.1 Å². The van der Waals surface area contributed by atoms with Crippen LogP contribution in [0.4, 0.5) is 5.95 Å². The highest BCUT2D eigenvalue weighted by atomic mass is 31.2. The van der Waals surface area contributed by atoms with E-state index >= 15 is 0 Å². The fraction of sp³-hybridized carbons (Fsp3) is 0.538. The molecule has 42 heavy (non-hydrogen) atoms. The van der Waals surface area contributed by atoms with E-state index in [4.69, 9.17) is 33.7 Å². The molecule has 16 heteroatoms. The Morgan fingerprint density at radius 2 is 2.02 bits per heavy atom. The van der Waals surface area contributed by atoms with E-state index in [2.05, 4.69) is 20.0 Å². The second kappa shape index (κ2) is 11.4. The second-order valence-corrected chi connectivity index (χ2v) is 12.3. The van der Waals surface area contributed by atoms with Crippen molar-refractivity contribution in [1.29, 1.82) is 0 Å². The molecule has 15 nitrogen and oxygen atoms in total. The molecule has 2 aliphatic rings. The zero-order chi connectivity index (χ0) is 30.3. The lowest BCUT2D eigenvalue weighted by Crippen LogP contribution is -2.46. The Bertz CT molecular complexity index is 1490. The maximum Gasteiger partial charge on any atom is 0.459 e. The van der Waals surface area contributed by atoms with Gasteiger partial charge in [-0.15, -0.1) is 0 Å². The molecule has 6 atom stereocenters. The quantitative estimate of drug-likeness (QED) is 0.201. The third-order valence-electron chi connectivity index (χ3n) is 6.95. The Morgan fingerprint density at radius 3 is 2.71 bits per heavy atom. The maximum absolute atomic E-state index is 14.0. The van der Waals surface area contributed by atoms with Gasteiger partial charge in [-0.1, -0.05) is 18.2 Å². The number of imidazole rings is 1. The predicted octanol–water partition coefficient (Wildman–Crippen LogP) is 2.36. The Morgan fingerprint density at radius 1 is 1.29 bits per heavy atom. The van der Waals surface area contributed by atoms with Gasteiger partial charge in [0.15, 0.2) is 17.4 Å².